The number of para-hydroxylation sites is 1. The molecule has 2 heterocycles. The largest absolute Gasteiger partial charge is 0.344 e. The molecule has 0 fully saturated rings. The van der Waals surface area contributed by atoms with Crippen molar-refractivity contribution in [2.75, 3.05) is 11.1 Å². The predicted octanol–water partition coefficient (Wildman–Crippen LogP) is 9.31. The van der Waals surface area contributed by atoms with E-state index >= 15 is 0 Å². The molecule has 0 bridgehead atoms. The van der Waals surface area contributed by atoms with Gasteiger partial charge in [0.2, 0.25) is 11.8 Å². The third-order valence-corrected chi connectivity index (χ3v) is 11.4. The maximum absolute atomic E-state index is 13.4. The summed E-state index contributed by atoms with van der Waals surface area (Å²) >= 11 is 10.3. The molecule has 2 aromatic heterocycles. The van der Waals surface area contributed by atoms with E-state index in [0.717, 1.165) is 36.9 Å². The number of nitrogens with one attached hydrogen (secondary N) is 2. The Bertz CT molecular complexity index is 2230. The van der Waals surface area contributed by atoms with Gasteiger partial charge in [-0.1, -0.05) is 114 Å². The average molecular weight is 747 g/mol. The number of fused-ring (bicyclic) bond motifs is 1. The Hall–Kier alpha value is -4.94. The second kappa shape index (κ2) is 15.9. The first-order valence-electron chi connectivity index (χ1n) is 16.1. The van der Waals surface area contributed by atoms with Crippen LogP contribution in [0.3, 0.4) is 0 Å². The molecule has 0 spiro atoms. The highest BCUT2D eigenvalue weighted by Gasteiger charge is 2.23. The first-order valence-corrected chi connectivity index (χ1v) is 19.1. The van der Waals surface area contributed by atoms with E-state index in [1.54, 1.807) is 0 Å². The molecule has 8 nitrogen and oxygen atoms in total. The summed E-state index contributed by atoms with van der Waals surface area (Å²) in [4.78, 5) is 31.3. The quantitative estimate of drug-likeness (QED) is 0.120. The summed E-state index contributed by atoms with van der Waals surface area (Å²) in [5.74, 6) is 0.626. The van der Waals surface area contributed by atoms with Gasteiger partial charge in [0.15, 0.2) is 15.3 Å². The van der Waals surface area contributed by atoms with Gasteiger partial charge in [-0.05, 0) is 72.6 Å². The summed E-state index contributed by atoms with van der Waals surface area (Å²) in [5.41, 5.74) is 5.25. The van der Waals surface area contributed by atoms with Crippen molar-refractivity contribution in [3.63, 3.8) is 0 Å². The van der Waals surface area contributed by atoms with Crippen LogP contribution in [0.1, 0.15) is 24.1 Å². The van der Waals surface area contributed by atoms with Gasteiger partial charge in [-0.25, -0.2) is 4.98 Å². The zero-order valence-electron chi connectivity index (χ0n) is 27.3. The first kappa shape index (κ1) is 34.5. The van der Waals surface area contributed by atoms with Crippen molar-refractivity contribution >= 4 is 74.2 Å². The number of carbonyl (C=O) groups excluding carboxylic acids is 2. The maximum Gasteiger partial charge on any atom is 0.237 e. The van der Waals surface area contributed by atoms with Crippen molar-refractivity contribution in [1.29, 1.82) is 0 Å². The number of carbonyl (C=O) groups is 2. The molecule has 0 radical (unpaired) electrons. The van der Waals surface area contributed by atoms with Crippen LogP contribution in [0.2, 0.25) is 5.02 Å². The monoisotopic (exact) mass is 746 g/mol. The predicted molar refractivity (Wildman–Crippen MR) is 209 cm³/mol. The molecule has 7 rings (SSSR count). The van der Waals surface area contributed by atoms with Crippen molar-refractivity contribution in [3.05, 3.63) is 150 Å². The summed E-state index contributed by atoms with van der Waals surface area (Å²) in [6.07, 6.45) is 0. The normalized spacial score (nSPS) is 11.8. The number of nitrogens with zero attached hydrogens (tertiary/aromatic N) is 4. The topological polar surface area (TPSA) is 102 Å². The number of halogens is 1. The molecule has 0 aliphatic carbocycles. The standard InChI is InChI=1S/C39H31ClN6O2S3/c1-25(50-38-45-44-36(28-17-19-29(40)20-18-28)46(38)31-15-9-4-10-16-31)37(48)41-30-21-22-32-33(23-30)51-39(42-32)49-24-34(47)43-35(26-11-5-2-6-12-26)27-13-7-3-8-14-27/h2-23,25,35H,24H2,1H3,(H,41,48)(H,43,47)/t25-/m0/s1. The Kier molecular flexibility index (Phi) is 10.8. The number of aromatic nitrogens is 4. The Morgan fingerprint density at radius 3 is 2.14 bits per heavy atom. The highest BCUT2D eigenvalue weighted by molar-refractivity contribution is 8.01. The fourth-order valence-electron chi connectivity index (χ4n) is 5.42. The van der Waals surface area contributed by atoms with Crippen LogP contribution in [0.4, 0.5) is 5.69 Å². The van der Waals surface area contributed by atoms with E-state index < -0.39 is 5.25 Å². The van der Waals surface area contributed by atoms with Crippen molar-refractivity contribution in [3.8, 4) is 17.1 Å². The number of anilines is 1. The first-order chi connectivity index (χ1) is 24.9. The Morgan fingerprint density at radius 1 is 0.824 bits per heavy atom. The minimum Gasteiger partial charge on any atom is -0.344 e. The van der Waals surface area contributed by atoms with Crippen LogP contribution in [0.25, 0.3) is 27.3 Å². The molecule has 51 heavy (non-hydrogen) atoms. The van der Waals surface area contributed by atoms with E-state index in [4.69, 9.17) is 16.6 Å². The molecule has 254 valence electrons. The van der Waals surface area contributed by atoms with Gasteiger partial charge in [0.25, 0.3) is 0 Å². The second-order valence-electron chi connectivity index (χ2n) is 11.5. The lowest BCUT2D eigenvalue weighted by Crippen LogP contribution is -2.30. The SMILES string of the molecule is C[C@H](Sc1nnc(-c2ccc(Cl)cc2)n1-c1ccccc1)C(=O)Nc1ccc2nc(SCC(=O)NC(c3ccccc3)c3ccccc3)sc2c1. The molecule has 0 saturated heterocycles. The van der Waals surface area contributed by atoms with Crippen molar-refractivity contribution < 1.29 is 9.59 Å². The summed E-state index contributed by atoms with van der Waals surface area (Å²) in [6, 6.07) is 42.5. The molecule has 0 aliphatic heterocycles. The molecule has 1 atom stereocenters. The molecule has 12 heteroatoms. The number of thioether (sulfide) groups is 2. The van der Waals surface area contributed by atoms with E-state index in [0.29, 0.717) is 21.7 Å². The summed E-state index contributed by atoms with van der Waals surface area (Å²) in [6.45, 7) is 1.84. The number of hydrogen-bond acceptors (Lipinski definition) is 8. The van der Waals surface area contributed by atoms with Gasteiger partial charge in [0.05, 0.1) is 27.3 Å². The van der Waals surface area contributed by atoms with Crippen molar-refractivity contribution in [2.45, 2.75) is 27.7 Å². The van der Waals surface area contributed by atoms with E-state index in [9.17, 15) is 9.59 Å². The smallest absolute Gasteiger partial charge is 0.237 e. The van der Waals surface area contributed by atoms with Gasteiger partial charge in [-0.3, -0.25) is 14.2 Å². The van der Waals surface area contributed by atoms with Crippen LogP contribution < -0.4 is 10.6 Å². The summed E-state index contributed by atoms with van der Waals surface area (Å²) in [7, 11) is 0. The Balaban J connectivity index is 1.00. The van der Waals surface area contributed by atoms with Gasteiger partial charge >= 0.3 is 0 Å². The van der Waals surface area contributed by atoms with Gasteiger partial charge in [-0.2, -0.15) is 0 Å². The van der Waals surface area contributed by atoms with Crippen LogP contribution in [-0.2, 0) is 9.59 Å². The van der Waals surface area contributed by atoms with E-state index in [1.807, 2.05) is 145 Å². The Labute approximate surface area is 312 Å². The van der Waals surface area contributed by atoms with Crippen LogP contribution in [0.5, 0.6) is 0 Å². The summed E-state index contributed by atoms with van der Waals surface area (Å²) < 4.78 is 3.64. The van der Waals surface area contributed by atoms with Crippen LogP contribution in [-0.4, -0.2) is 42.6 Å². The maximum atomic E-state index is 13.4. The number of hydrogen-bond donors (Lipinski definition) is 2. The number of benzene rings is 5. The van der Waals surface area contributed by atoms with Gasteiger partial charge in [0, 0.05) is 22.0 Å². The minimum absolute atomic E-state index is 0.0835. The molecule has 7 aromatic rings. The highest BCUT2D eigenvalue weighted by Crippen LogP contribution is 2.34. The van der Waals surface area contributed by atoms with Crippen LogP contribution in [0, 0.1) is 0 Å². The van der Waals surface area contributed by atoms with E-state index in [1.165, 1.54) is 34.9 Å². The summed E-state index contributed by atoms with van der Waals surface area (Å²) in [5, 5.41) is 15.9. The third kappa shape index (κ3) is 8.34. The molecule has 2 amide bonds. The third-order valence-electron chi connectivity index (χ3n) is 7.94. The zero-order chi connectivity index (χ0) is 35.2. The van der Waals surface area contributed by atoms with E-state index in [-0.39, 0.29) is 23.6 Å². The molecule has 2 N–H and O–H groups in total. The average Bonchev–Trinajstić information content (AvgIpc) is 3.78. The van der Waals surface area contributed by atoms with E-state index in [2.05, 4.69) is 20.8 Å². The van der Waals surface area contributed by atoms with Crippen molar-refractivity contribution in [2.24, 2.45) is 0 Å². The fourth-order valence-corrected chi connectivity index (χ4v) is 8.33. The molecule has 0 saturated carbocycles. The Morgan fingerprint density at radius 2 is 1.47 bits per heavy atom. The molecule has 5 aromatic carbocycles. The van der Waals surface area contributed by atoms with Gasteiger partial charge in [0.1, 0.15) is 0 Å². The lowest BCUT2D eigenvalue weighted by molar-refractivity contribution is -0.119. The van der Waals surface area contributed by atoms with Gasteiger partial charge in [-0.15, -0.1) is 21.5 Å². The second-order valence-corrected chi connectivity index (χ2v) is 15.5. The number of thiazole rings is 1. The van der Waals surface area contributed by atoms with Crippen molar-refractivity contribution in [1.82, 2.24) is 25.1 Å². The number of amides is 2. The molecular formula is C39H31ClN6O2S3. The highest BCUT2D eigenvalue weighted by atomic mass is 35.5. The minimum atomic E-state index is -0.480. The fraction of sp³-hybridized carbons (Fsp3) is 0.103. The molecular weight excluding hydrogens is 716 g/mol. The van der Waals surface area contributed by atoms with Crippen LogP contribution >= 0.6 is 46.5 Å². The van der Waals surface area contributed by atoms with Crippen LogP contribution in [0.15, 0.2) is 143 Å². The number of rotatable bonds is 12. The van der Waals surface area contributed by atoms with Gasteiger partial charge < -0.3 is 10.6 Å². The zero-order valence-corrected chi connectivity index (χ0v) is 30.5. The lowest BCUT2D eigenvalue weighted by atomic mass is 9.99. The lowest BCUT2D eigenvalue weighted by Gasteiger charge is -2.19. The molecule has 0 aliphatic rings. The molecule has 0 unspecified atom stereocenters.